The molecule has 1 aromatic heterocycles. The summed E-state index contributed by atoms with van der Waals surface area (Å²) in [5.41, 5.74) is 2.07. The lowest BCUT2D eigenvalue weighted by atomic mass is 9.70. The number of aliphatic hydroxyl groups excluding tert-OH is 1. The first kappa shape index (κ1) is 31.2. The van der Waals surface area contributed by atoms with Crippen LogP contribution in [0.25, 0.3) is 0 Å². The van der Waals surface area contributed by atoms with Crippen molar-refractivity contribution in [3.63, 3.8) is 0 Å². The van der Waals surface area contributed by atoms with E-state index in [1.165, 1.54) is 12.1 Å². The predicted octanol–water partition coefficient (Wildman–Crippen LogP) is 7.21. The van der Waals surface area contributed by atoms with E-state index in [9.17, 15) is 23.4 Å². The Labute approximate surface area is 253 Å². The van der Waals surface area contributed by atoms with Gasteiger partial charge in [0.25, 0.3) is 0 Å². The molecule has 2 unspecified atom stereocenters. The van der Waals surface area contributed by atoms with Gasteiger partial charge in [-0.25, -0.2) is 0 Å². The number of ether oxygens (including phenoxy) is 2. The van der Waals surface area contributed by atoms with Crippen LogP contribution >= 0.6 is 0 Å². The Bertz CT molecular complexity index is 1410. The first-order chi connectivity index (χ1) is 19.9. The SMILES string of the molecule is CC(C)c1nc2c(c3c1C(c1ccc(C(F)(F)F)cc1)OC31CCOCC1)[C@](O)(O[Si](C)(C)C(C)(C)C)C(O)C1(CC1)C2. The Morgan fingerprint density at radius 3 is 2.12 bits per heavy atom. The zero-order valence-electron chi connectivity index (χ0n) is 26.2. The Balaban J connectivity index is 1.63. The van der Waals surface area contributed by atoms with Crippen molar-refractivity contribution in [2.24, 2.45) is 5.41 Å². The van der Waals surface area contributed by atoms with Gasteiger partial charge in [-0.15, -0.1) is 0 Å². The highest BCUT2D eigenvalue weighted by atomic mass is 28.4. The van der Waals surface area contributed by atoms with E-state index in [0.29, 0.717) is 43.6 Å². The number of rotatable bonds is 4. The fourth-order valence-corrected chi connectivity index (χ4v) is 8.39. The standard InChI is InChI=1S/C33H44F3NO5Si/c1-19(2)26-23-25(31(14-16-40-17-15-31)41-27(23)20-8-10-21(11-9-20)33(34,35)36)24-22(37-26)18-30(12-13-30)28(38)32(24,39)42-43(6,7)29(3,4)5/h8-11,19,27-28,38-39H,12-18H2,1-7H3/t27?,28?,32-/m0/s1. The van der Waals surface area contributed by atoms with Crippen LogP contribution in [0.1, 0.15) is 112 Å². The van der Waals surface area contributed by atoms with Crippen molar-refractivity contribution in [1.82, 2.24) is 4.98 Å². The summed E-state index contributed by atoms with van der Waals surface area (Å²) in [7, 11) is -2.65. The summed E-state index contributed by atoms with van der Waals surface area (Å²) >= 11 is 0. The Morgan fingerprint density at radius 1 is 1.00 bits per heavy atom. The average Bonchev–Trinajstić information content (AvgIpc) is 3.62. The van der Waals surface area contributed by atoms with Gasteiger partial charge >= 0.3 is 6.18 Å². The second-order valence-corrected chi connectivity index (χ2v) is 19.7. The third-order valence-corrected chi connectivity index (χ3v) is 15.2. The van der Waals surface area contributed by atoms with Crippen LogP contribution in [0.2, 0.25) is 18.1 Å². The average molecular weight is 620 g/mol. The second kappa shape index (κ2) is 9.84. The van der Waals surface area contributed by atoms with Crippen LogP contribution in [-0.2, 0) is 37.9 Å². The fourth-order valence-electron chi connectivity index (χ4n) is 7.10. The highest BCUT2D eigenvalue weighted by molar-refractivity contribution is 6.74. The van der Waals surface area contributed by atoms with E-state index in [4.69, 9.17) is 18.9 Å². The first-order valence-electron chi connectivity index (χ1n) is 15.5. The van der Waals surface area contributed by atoms with E-state index < -0.39 is 49.1 Å². The van der Waals surface area contributed by atoms with Crippen LogP contribution in [-0.4, -0.2) is 42.8 Å². The summed E-state index contributed by atoms with van der Waals surface area (Å²) in [6, 6.07) is 5.13. The lowest BCUT2D eigenvalue weighted by Gasteiger charge is -2.51. The van der Waals surface area contributed by atoms with Gasteiger partial charge in [-0.1, -0.05) is 46.8 Å². The predicted molar refractivity (Wildman–Crippen MR) is 158 cm³/mol. The minimum Gasteiger partial charge on any atom is -0.387 e. The highest BCUT2D eigenvalue weighted by Gasteiger charge is 2.66. The van der Waals surface area contributed by atoms with Crippen molar-refractivity contribution in [2.75, 3.05) is 13.2 Å². The molecule has 1 saturated carbocycles. The van der Waals surface area contributed by atoms with Gasteiger partial charge in [-0.3, -0.25) is 4.98 Å². The molecule has 6 nitrogen and oxygen atoms in total. The Kier molecular flexibility index (Phi) is 7.13. The smallest absolute Gasteiger partial charge is 0.387 e. The van der Waals surface area contributed by atoms with Crippen molar-refractivity contribution in [2.45, 2.75) is 121 Å². The second-order valence-electron chi connectivity index (χ2n) is 15.0. The molecular weight excluding hydrogens is 575 g/mol. The summed E-state index contributed by atoms with van der Waals surface area (Å²) in [6.07, 6.45) is -3.23. The first-order valence-corrected chi connectivity index (χ1v) is 18.4. The number of fused-ring (bicyclic) bond motifs is 4. The number of aromatic nitrogens is 1. The summed E-state index contributed by atoms with van der Waals surface area (Å²) < 4.78 is 60.1. The van der Waals surface area contributed by atoms with Crippen LogP contribution < -0.4 is 0 Å². The number of aliphatic hydroxyl groups is 2. The zero-order valence-corrected chi connectivity index (χ0v) is 27.2. The molecule has 4 aliphatic rings. The molecule has 3 heterocycles. The van der Waals surface area contributed by atoms with Crippen molar-refractivity contribution < 1.29 is 37.3 Å². The summed E-state index contributed by atoms with van der Waals surface area (Å²) in [5.74, 6) is -2.03. The molecule has 2 spiro atoms. The molecule has 43 heavy (non-hydrogen) atoms. The molecule has 1 aromatic carbocycles. The molecule has 10 heteroatoms. The van der Waals surface area contributed by atoms with Crippen LogP contribution in [0.3, 0.4) is 0 Å². The molecular formula is C33H44F3NO5Si. The van der Waals surface area contributed by atoms with Gasteiger partial charge in [-0.05, 0) is 61.0 Å². The third kappa shape index (κ3) is 4.82. The van der Waals surface area contributed by atoms with Gasteiger partial charge in [0.1, 0.15) is 12.2 Å². The van der Waals surface area contributed by atoms with Crippen LogP contribution in [0.5, 0.6) is 0 Å². The molecule has 2 aliphatic carbocycles. The van der Waals surface area contributed by atoms with Gasteiger partial charge in [0.2, 0.25) is 5.79 Å². The molecule has 0 bridgehead atoms. The Morgan fingerprint density at radius 2 is 1.60 bits per heavy atom. The molecule has 2 aliphatic heterocycles. The summed E-state index contributed by atoms with van der Waals surface area (Å²) in [6.45, 7) is 15.4. The Hall–Kier alpha value is -1.82. The number of halogens is 3. The monoisotopic (exact) mass is 619 g/mol. The van der Waals surface area contributed by atoms with E-state index in [1.807, 2.05) is 0 Å². The van der Waals surface area contributed by atoms with Gasteiger partial charge in [0.15, 0.2) is 8.32 Å². The normalized spacial score (nSPS) is 27.9. The van der Waals surface area contributed by atoms with Crippen molar-refractivity contribution in [3.8, 4) is 0 Å². The van der Waals surface area contributed by atoms with Crippen molar-refractivity contribution in [3.05, 3.63) is 63.5 Å². The van der Waals surface area contributed by atoms with Gasteiger partial charge in [0, 0.05) is 53.9 Å². The topological polar surface area (TPSA) is 81.0 Å². The maximum absolute atomic E-state index is 13.5. The number of pyridine rings is 1. The minimum absolute atomic E-state index is 0.0222. The van der Waals surface area contributed by atoms with E-state index in [0.717, 1.165) is 47.5 Å². The lowest BCUT2D eigenvalue weighted by molar-refractivity contribution is -0.249. The molecule has 1 saturated heterocycles. The largest absolute Gasteiger partial charge is 0.416 e. The molecule has 2 N–H and O–H groups in total. The van der Waals surface area contributed by atoms with Gasteiger partial charge < -0.3 is 24.1 Å². The molecule has 2 fully saturated rings. The van der Waals surface area contributed by atoms with E-state index in [-0.39, 0.29) is 11.0 Å². The molecule has 2 aromatic rings. The number of nitrogens with zero attached hydrogens (tertiary/aromatic N) is 1. The fraction of sp³-hybridized carbons (Fsp3) is 0.667. The van der Waals surface area contributed by atoms with Crippen molar-refractivity contribution in [1.29, 1.82) is 0 Å². The summed E-state index contributed by atoms with van der Waals surface area (Å²) in [5, 5.41) is 24.6. The van der Waals surface area contributed by atoms with E-state index in [2.05, 4.69) is 47.7 Å². The number of benzene rings is 1. The summed E-state index contributed by atoms with van der Waals surface area (Å²) in [4.78, 5) is 5.23. The van der Waals surface area contributed by atoms with E-state index in [1.54, 1.807) is 0 Å². The van der Waals surface area contributed by atoms with E-state index >= 15 is 0 Å². The van der Waals surface area contributed by atoms with Gasteiger partial charge in [-0.2, -0.15) is 13.2 Å². The molecule has 0 radical (unpaired) electrons. The minimum atomic E-state index is -4.45. The van der Waals surface area contributed by atoms with Crippen molar-refractivity contribution >= 4 is 8.32 Å². The zero-order chi connectivity index (χ0) is 31.4. The van der Waals surface area contributed by atoms with Gasteiger partial charge in [0.05, 0.1) is 16.9 Å². The maximum Gasteiger partial charge on any atom is 0.416 e. The quantitative estimate of drug-likeness (QED) is 0.278. The molecule has 0 amide bonds. The maximum atomic E-state index is 13.5. The van der Waals surface area contributed by atoms with Crippen LogP contribution in [0.4, 0.5) is 13.2 Å². The molecule has 6 rings (SSSR count). The molecule has 236 valence electrons. The number of alkyl halides is 3. The van der Waals surface area contributed by atoms with Crippen LogP contribution in [0.15, 0.2) is 24.3 Å². The lowest BCUT2D eigenvalue weighted by Crippen LogP contribution is -2.59. The number of hydrogen-bond acceptors (Lipinski definition) is 6. The third-order valence-electron chi connectivity index (χ3n) is 10.7. The molecule has 3 atom stereocenters. The highest BCUT2D eigenvalue weighted by Crippen LogP contribution is 2.64. The van der Waals surface area contributed by atoms with Crippen LogP contribution in [0, 0.1) is 5.41 Å². The number of hydrogen-bond donors (Lipinski definition) is 2.